The molecule has 0 spiro atoms. The molecule has 3 nitrogen and oxygen atoms in total. The molecule has 10 rings (SSSR count). The van der Waals surface area contributed by atoms with E-state index in [2.05, 4.69) is 72.8 Å². The Balaban J connectivity index is 1.10. The van der Waals surface area contributed by atoms with Gasteiger partial charge in [0.15, 0.2) is 0 Å². The van der Waals surface area contributed by atoms with Gasteiger partial charge in [-0.15, -0.1) is 0 Å². The molecule has 0 saturated heterocycles. The zero-order valence-corrected chi connectivity index (χ0v) is 26.1. The third kappa shape index (κ3) is 4.21. The Morgan fingerprint density at radius 3 is 0.792 bits per heavy atom. The average Bonchev–Trinajstić information content (AvgIpc) is 3.76. The lowest BCUT2D eigenvalue weighted by molar-refractivity contribution is 0.474. The van der Waals surface area contributed by atoms with E-state index in [0.29, 0.717) is 17.2 Å². The molecule has 0 fully saturated rings. The van der Waals surface area contributed by atoms with Crippen molar-refractivity contribution in [2.24, 2.45) is 0 Å². The average molecular weight is 619 g/mol. The van der Waals surface area contributed by atoms with Crippen LogP contribution in [0, 0.1) is 0 Å². The fraction of sp³-hybridized carbons (Fsp3) is 0.0667. The lowest BCUT2D eigenvalue weighted by Gasteiger charge is -2.14. The Morgan fingerprint density at radius 2 is 0.500 bits per heavy atom. The molecule has 48 heavy (non-hydrogen) atoms. The smallest absolute Gasteiger partial charge is 0.115 e. The highest BCUT2D eigenvalue weighted by Gasteiger charge is 2.23. The van der Waals surface area contributed by atoms with Crippen LogP contribution in [0.15, 0.2) is 127 Å². The van der Waals surface area contributed by atoms with Crippen molar-refractivity contribution in [1.82, 2.24) is 0 Å². The van der Waals surface area contributed by atoms with Crippen LogP contribution in [0.4, 0.5) is 0 Å². The van der Waals surface area contributed by atoms with Gasteiger partial charge in [-0.1, -0.05) is 72.8 Å². The SMILES string of the molecule is Oc1ccc2c(c1)Cc1cc(-c3cc(-c4ccc5c(c4)Cc4cc(O)ccc4-5)cc(-c4ccc5c(c4)Cc4cc(O)ccc4-5)c3)ccc1-2. The second-order valence-electron chi connectivity index (χ2n) is 13.5. The van der Waals surface area contributed by atoms with E-state index in [4.69, 9.17) is 0 Å². The largest absolute Gasteiger partial charge is 0.508 e. The molecular formula is C45H30O3. The molecule has 0 bridgehead atoms. The molecule has 0 unspecified atom stereocenters. The topological polar surface area (TPSA) is 60.7 Å². The highest BCUT2D eigenvalue weighted by molar-refractivity contribution is 5.88. The zero-order valence-electron chi connectivity index (χ0n) is 26.1. The van der Waals surface area contributed by atoms with Crippen LogP contribution in [0.2, 0.25) is 0 Å². The molecule has 0 aromatic heterocycles. The van der Waals surface area contributed by atoms with Crippen molar-refractivity contribution in [3.05, 3.63) is 161 Å². The Kier molecular flexibility index (Phi) is 5.63. The Labute approximate surface area is 278 Å². The van der Waals surface area contributed by atoms with Crippen molar-refractivity contribution in [3.63, 3.8) is 0 Å². The standard InChI is InChI=1S/C45H30O3/c46-37-4-10-43-34(22-37)19-31-13-25(1-7-40(31)43)28-16-29(26-2-8-41-32(14-26)20-35-23-38(47)5-11-44(35)41)18-30(17-28)27-3-9-42-33(15-27)21-36-24-39(48)6-12-45(36)42/h1-18,22-24,46-48H,19-21H2. The van der Waals surface area contributed by atoms with E-state index in [-0.39, 0.29) is 0 Å². The van der Waals surface area contributed by atoms with Gasteiger partial charge in [-0.3, -0.25) is 0 Å². The second-order valence-corrected chi connectivity index (χ2v) is 13.5. The zero-order chi connectivity index (χ0) is 32.1. The van der Waals surface area contributed by atoms with E-state index in [9.17, 15) is 15.3 Å². The number of phenols is 3. The first kappa shape index (κ1) is 27.1. The van der Waals surface area contributed by atoms with Crippen LogP contribution in [0.5, 0.6) is 17.2 Å². The van der Waals surface area contributed by atoms with Crippen LogP contribution in [0.3, 0.4) is 0 Å². The van der Waals surface area contributed by atoms with Gasteiger partial charge in [-0.25, -0.2) is 0 Å². The van der Waals surface area contributed by atoms with Gasteiger partial charge in [-0.2, -0.15) is 0 Å². The van der Waals surface area contributed by atoms with E-state index in [1.807, 2.05) is 36.4 Å². The predicted octanol–water partition coefficient (Wildman–Crippen LogP) is 10.5. The second kappa shape index (κ2) is 9.97. The molecule has 3 N–H and O–H groups in total. The van der Waals surface area contributed by atoms with Gasteiger partial charge in [0.1, 0.15) is 17.2 Å². The summed E-state index contributed by atoms with van der Waals surface area (Å²) in [6, 6.07) is 44.2. The fourth-order valence-electron chi connectivity index (χ4n) is 8.26. The van der Waals surface area contributed by atoms with E-state index in [1.165, 1.54) is 66.8 Å². The molecule has 3 heteroatoms. The van der Waals surface area contributed by atoms with Gasteiger partial charge >= 0.3 is 0 Å². The van der Waals surface area contributed by atoms with Crippen LogP contribution in [0.25, 0.3) is 66.8 Å². The summed E-state index contributed by atoms with van der Waals surface area (Å²) in [5.74, 6) is 0.924. The number of hydrogen-bond acceptors (Lipinski definition) is 3. The predicted molar refractivity (Wildman–Crippen MR) is 192 cm³/mol. The van der Waals surface area contributed by atoms with Crippen LogP contribution >= 0.6 is 0 Å². The summed E-state index contributed by atoms with van der Waals surface area (Å²) in [5.41, 5.74) is 21.6. The maximum absolute atomic E-state index is 10.1. The first-order chi connectivity index (χ1) is 23.4. The first-order valence-electron chi connectivity index (χ1n) is 16.5. The van der Waals surface area contributed by atoms with Gasteiger partial charge in [0.25, 0.3) is 0 Å². The van der Waals surface area contributed by atoms with Crippen LogP contribution in [0.1, 0.15) is 33.4 Å². The van der Waals surface area contributed by atoms with Crippen molar-refractivity contribution in [1.29, 1.82) is 0 Å². The summed E-state index contributed by atoms with van der Waals surface area (Å²) in [6.45, 7) is 0. The lowest BCUT2D eigenvalue weighted by atomic mass is 9.90. The third-order valence-corrected chi connectivity index (χ3v) is 10.5. The minimum atomic E-state index is 0.308. The normalized spacial score (nSPS) is 13.0. The molecule has 0 saturated carbocycles. The molecule has 7 aromatic rings. The molecule has 0 atom stereocenters. The van der Waals surface area contributed by atoms with Gasteiger partial charge in [0.2, 0.25) is 0 Å². The molecule has 0 heterocycles. The number of benzene rings is 7. The highest BCUT2D eigenvalue weighted by Crippen LogP contribution is 2.45. The first-order valence-corrected chi connectivity index (χ1v) is 16.5. The molecule has 7 aromatic carbocycles. The minimum Gasteiger partial charge on any atom is -0.508 e. The monoisotopic (exact) mass is 618 g/mol. The summed E-state index contributed by atoms with van der Waals surface area (Å²) < 4.78 is 0. The van der Waals surface area contributed by atoms with Gasteiger partial charge < -0.3 is 15.3 Å². The molecule has 3 aliphatic carbocycles. The maximum atomic E-state index is 10.1. The third-order valence-electron chi connectivity index (χ3n) is 10.5. The summed E-state index contributed by atoms with van der Waals surface area (Å²) in [4.78, 5) is 0. The Hall–Kier alpha value is -6.06. The quantitative estimate of drug-likeness (QED) is 0.185. The summed E-state index contributed by atoms with van der Waals surface area (Å²) in [5, 5.41) is 30.3. The lowest BCUT2D eigenvalue weighted by Crippen LogP contribution is -1.90. The van der Waals surface area contributed by atoms with Crippen molar-refractivity contribution in [2.75, 3.05) is 0 Å². The van der Waals surface area contributed by atoms with Crippen molar-refractivity contribution in [3.8, 4) is 84.0 Å². The number of aromatic hydroxyl groups is 3. The van der Waals surface area contributed by atoms with Crippen molar-refractivity contribution < 1.29 is 15.3 Å². The van der Waals surface area contributed by atoms with Crippen LogP contribution in [-0.4, -0.2) is 15.3 Å². The molecule has 228 valence electrons. The van der Waals surface area contributed by atoms with E-state index in [0.717, 1.165) is 52.6 Å². The van der Waals surface area contributed by atoms with Crippen molar-refractivity contribution >= 4 is 0 Å². The van der Waals surface area contributed by atoms with Gasteiger partial charge in [0.05, 0.1) is 0 Å². The minimum absolute atomic E-state index is 0.308. The molecule has 3 aliphatic rings. The number of fused-ring (bicyclic) bond motifs is 9. The van der Waals surface area contributed by atoms with Crippen molar-refractivity contribution in [2.45, 2.75) is 19.3 Å². The Morgan fingerprint density at radius 1 is 0.250 bits per heavy atom. The van der Waals surface area contributed by atoms with E-state index >= 15 is 0 Å². The number of hydrogen-bond donors (Lipinski definition) is 3. The fourth-order valence-corrected chi connectivity index (χ4v) is 8.26. The molecular weight excluding hydrogens is 588 g/mol. The maximum Gasteiger partial charge on any atom is 0.115 e. The Bertz CT molecular complexity index is 2230. The summed E-state index contributed by atoms with van der Waals surface area (Å²) in [6.07, 6.45) is 2.42. The van der Waals surface area contributed by atoms with Gasteiger partial charge in [0, 0.05) is 0 Å². The molecule has 0 aliphatic heterocycles. The summed E-state index contributed by atoms with van der Waals surface area (Å²) >= 11 is 0. The van der Waals surface area contributed by atoms with Crippen LogP contribution in [-0.2, 0) is 19.3 Å². The molecule has 0 amide bonds. The highest BCUT2D eigenvalue weighted by atomic mass is 16.3. The number of phenolic OH excluding ortho intramolecular Hbond substituents is 3. The molecule has 0 radical (unpaired) electrons. The van der Waals surface area contributed by atoms with Crippen LogP contribution < -0.4 is 0 Å². The summed E-state index contributed by atoms with van der Waals surface area (Å²) in [7, 11) is 0. The number of rotatable bonds is 3. The van der Waals surface area contributed by atoms with E-state index < -0.39 is 0 Å². The van der Waals surface area contributed by atoms with Gasteiger partial charge in [-0.05, 0) is 174 Å². The van der Waals surface area contributed by atoms with E-state index in [1.54, 1.807) is 18.2 Å².